The van der Waals surface area contributed by atoms with Crippen molar-refractivity contribution in [2.75, 3.05) is 5.32 Å². The summed E-state index contributed by atoms with van der Waals surface area (Å²) < 4.78 is 37.6. The molecule has 0 spiro atoms. The SMILES string of the molecule is C/C=N/NC(=O)Nc1ccc(Cl)c(C(F)(F)F)c1. The highest BCUT2D eigenvalue weighted by Crippen LogP contribution is 2.36. The van der Waals surface area contributed by atoms with E-state index in [4.69, 9.17) is 11.6 Å². The minimum Gasteiger partial charge on any atom is -0.307 e. The summed E-state index contributed by atoms with van der Waals surface area (Å²) in [6.45, 7) is 1.57. The molecule has 0 radical (unpaired) electrons. The maximum atomic E-state index is 12.5. The summed E-state index contributed by atoms with van der Waals surface area (Å²) in [5.74, 6) is 0. The first-order chi connectivity index (χ1) is 8.34. The summed E-state index contributed by atoms with van der Waals surface area (Å²) in [7, 11) is 0. The van der Waals surface area contributed by atoms with Crippen molar-refractivity contribution in [2.45, 2.75) is 13.1 Å². The summed E-state index contributed by atoms with van der Waals surface area (Å²) in [5, 5.41) is 5.18. The maximum Gasteiger partial charge on any atom is 0.417 e. The molecule has 0 bridgehead atoms. The molecule has 0 aliphatic rings. The van der Waals surface area contributed by atoms with Gasteiger partial charge in [0.15, 0.2) is 0 Å². The molecule has 8 heteroatoms. The standard InChI is InChI=1S/C10H9ClF3N3O/c1-2-15-17-9(18)16-6-3-4-8(11)7(5-6)10(12,13)14/h2-5H,1H3,(H2,16,17,18)/b15-2+. The van der Waals surface area contributed by atoms with E-state index < -0.39 is 22.8 Å². The van der Waals surface area contributed by atoms with Crippen molar-refractivity contribution in [3.8, 4) is 0 Å². The molecule has 2 N–H and O–H groups in total. The number of halogens is 4. The van der Waals surface area contributed by atoms with Gasteiger partial charge in [-0.2, -0.15) is 18.3 Å². The van der Waals surface area contributed by atoms with E-state index in [2.05, 4.69) is 15.8 Å². The molecule has 0 aliphatic carbocycles. The third-order valence-corrected chi connectivity index (χ3v) is 2.15. The Kier molecular flexibility index (Phi) is 4.55. The van der Waals surface area contributed by atoms with Gasteiger partial charge in [-0.25, -0.2) is 10.2 Å². The smallest absolute Gasteiger partial charge is 0.307 e. The number of anilines is 1. The van der Waals surface area contributed by atoms with Crippen molar-refractivity contribution < 1.29 is 18.0 Å². The van der Waals surface area contributed by atoms with Crippen LogP contribution < -0.4 is 10.7 Å². The van der Waals surface area contributed by atoms with Crippen molar-refractivity contribution in [3.05, 3.63) is 28.8 Å². The first kappa shape index (κ1) is 14.3. The predicted octanol–water partition coefficient (Wildman–Crippen LogP) is 3.49. The third-order valence-electron chi connectivity index (χ3n) is 1.82. The molecular formula is C10H9ClF3N3O. The van der Waals surface area contributed by atoms with E-state index in [0.717, 1.165) is 12.1 Å². The van der Waals surface area contributed by atoms with Gasteiger partial charge >= 0.3 is 12.2 Å². The Morgan fingerprint density at radius 3 is 2.67 bits per heavy atom. The van der Waals surface area contributed by atoms with E-state index in [9.17, 15) is 18.0 Å². The van der Waals surface area contributed by atoms with Crippen molar-refractivity contribution in [1.82, 2.24) is 5.43 Å². The topological polar surface area (TPSA) is 53.5 Å². The normalized spacial score (nSPS) is 11.6. The van der Waals surface area contributed by atoms with Gasteiger partial charge in [0.1, 0.15) is 0 Å². The molecule has 0 heterocycles. The van der Waals surface area contributed by atoms with Crippen LogP contribution in [0.15, 0.2) is 23.3 Å². The second-order valence-electron chi connectivity index (χ2n) is 3.15. The van der Waals surface area contributed by atoms with Crippen LogP contribution in [-0.2, 0) is 6.18 Å². The summed E-state index contributed by atoms with van der Waals surface area (Å²) in [6.07, 6.45) is -3.25. The summed E-state index contributed by atoms with van der Waals surface area (Å²) in [4.78, 5) is 11.2. The molecule has 0 unspecified atom stereocenters. The Balaban J connectivity index is 2.89. The molecule has 0 atom stereocenters. The lowest BCUT2D eigenvalue weighted by molar-refractivity contribution is -0.137. The first-order valence-corrected chi connectivity index (χ1v) is 5.14. The fourth-order valence-electron chi connectivity index (χ4n) is 1.10. The Bertz CT molecular complexity index is 474. The molecule has 0 fully saturated rings. The zero-order chi connectivity index (χ0) is 13.8. The molecule has 0 aromatic heterocycles. The molecule has 0 saturated carbocycles. The van der Waals surface area contributed by atoms with Crippen LogP contribution in [0.25, 0.3) is 0 Å². The zero-order valence-electron chi connectivity index (χ0n) is 9.18. The first-order valence-electron chi connectivity index (χ1n) is 4.76. The fourth-order valence-corrected chi connectivity index (χ4v) is 1.33. The number of alkyl halides is 3. The number of urea groups is 1. The highest BCUT2D eigenvalue weighted by Gasteiger charge is 2.33. The van der Waals surface area contributed by atoms with Crippen LogP contribution in [0.3, 0.4) is 0 Å². The van der Waals surface area contributed by atoms with Gasteiger partial charge in [0.05, 0.1) is 10.6 Å². The number of benzene rings is 1. The van der Waals surface area contributed by atoms with E-state index in [1.54, 1.807) is 6.92 Å². The van der Waals surface area contributed by atoms with E-state index in [1.165, 1.54) is 12.3 Å². The van der Waals surface area contributed by atoms with Crippen LogP contribution in [0.1, 0.15) is 12.5 Å². The Morgan fingerprint density at radius 2 is 2.11 bits per heavy atom. The van der Waals surface area contributed by atoms with Crippen LogP contribution in [0.5, 0.6) is 0 Å². The molecule has 1 aromatic carbocycles. The van der Waals surface area contributed by atoms with Crippen LogP contribution >= 0.6 is 11.6 Å². The van der Waals surface area contributed by atoms with Crippen molar-refractivity contribution >= 4 is 29.5 Å². The minimum absolute atomic E-state index is 0.0319. The molecule has 4 nitrogen and oxygen atoms in total. The van der Waals surface area contributed by atoms with Gasteiger partial charge in [0.25, 0.3) is 0 Å². The Labute approximate surface area is 106 Å². The van der Waals surface area contributed by atoms with Gasteiger partial charge in [-0.3, -0.25) is 0 Å². The van der Waals surface area contributed by atoms with Gasteiger partial charge in [0, 0.05) is 11.9 Å². The zero-order valence-corrected chi connectivity index (χ0v) is 9.93. The van der Waals surface area contributed by atoms with Crippen LogP contribution in [0, 0.1) is 0 Å². The molecule has 1 rings (SSSR count). The number of nitrogens with one attached hydrogen (secondary N) is 2. The lowest BCUT2D eigenvalue weighted by Gasteiger charge is -2.11. The van der Waals surface area contributed by atoms with Gasteiger partial charge < -0.3 is 5.32 Å². The largest absolute Gasteiger partial charge is 0.417 e. The molecule has 2 amide bonds. The average molecular weight is 280 g/mol. The molecular weight excluding hydrogens is 271 g/mol. The highest BCUT2D eigenvalue weighted by molar-refractivity contribution is 6.31. The number of hydrogen-bond donors (Lipinski definition) is 2. The van der Waals surface area contributed by atoms with Crippen molar-refractivity contribution in [2.24, 2.45) is 5.10 Å². The average Bonchev–Trinajstić information content (AvgIpc) is 2.27. The fraction of sp³-hybridized carbons (Fsp3) is 0.200. The number of hydrogen-bond acceptors (Lipinski definition) is 2. The second kappa shape index (κ2) is 5.72. The minimum atomic E-state index is -4.58. The molecule has 0 aliphatic heterocycles. The van der Waals surface area contributed by atoms with Gasteiger partial charge in [-0.05, 0) is 25.1 Å². The summed E-state index contributed by atoms with van der Waals surface area (Å²) in [6, 6.07) is 2.32. The molecule has 1 aromatic rings. The Morgan fingerprint density at radius 1 is 1.44 bits per heavy atom. The summed E-state index contributed by atoms with van der Waals surface area (Å²) >= 11 is 5.43. The van der Waals surface area contributed by atoms with Crippen molar-refractivity contribution in [3.63, 3.8) is 0 Å². The number of carbonyl (C=O) groups is 1. The Hall–Kier alpha value is -1.76. The maximum absolute atomic E-state index is 12.5. The molecule has 18 heavy (non-hydrogen) atoms. The van der Waals surface area contributed by atoms with E-state index in [1.807, 2.05) is 0 Å². The van der Waals surface area contributed by atoms with Gasteiger partial charge in [0.2, 0.25) is 0 Å². The van der Waals surface area contributed by atoms with Gasteiger partial charge in [-0.1, -0.05) is 11.6 Å². The second-order valence-corrected chi connectivity index (χ2v) is 3.55. The van der Waals surface area contributed by atoms with E-state index >= 15 is 0 Å². The lowest BCUT2D eigenvalue weighted by atomic mass is 10.2. The number of hydrazone groups is 1. The van der Waals surface area contributed by atoms with E-state index in [0.29, 0.717) is 0 Å². The van der Waals surface area contributed by atoms with Gasteiger partial charge in [-0.15, -0.1) is 0 Å². The number of rotatable bonds is 2. The van der Waals surface area contributed by atoms with Crippen LogP contribution in [-0.4, -0.2) is 12.2 Å². The number of nitrogens with zero attached hydrogens (tertiary/aromatic N) is 1. The van der Waals surface area contributed by atoms with E-state index in [-0.39, 0.29) is 5.69 Å². The monoisotopic (exact) mass is 279 g/mol. The highest BCUT2D eigenvalue weighted by atomic mass is 35.5. The third kappa shape index (κ3) is 3.92. The quantitative estimate of drug-likeness (QED) is 0.632. The van der Waals surface area contributed by atoms with Crippen LogP contribution in [0.2, 0.25) is 5.02 Å². The lowest BCUT2D eigenvalue weighted by Crippen LogP contribution is -2.24. The number of amides is 2. The molecule has 0 saturated heterocycles. The molecule has 98 valence electrons. The number of carbonyl (C=O) groups excluding carboxylic acids is 1. The predicted molar refractivity (Wildman–Crippen MR) is 62.8 cm³/mol. The van der Waals surface area contributed by atoms with Crippen molar-refractivity contribution in [1.29, 1.82) is 0 Å². The van der Waals surface area contributed by atoms with Crippen LogP contribution in [0.4, 0.5) is 23.7 Å². The summed E-state index contributed by atoms with van der Waals surface area (Å²) in [5.41, 5.74) is 1.01.